The number of amides is 1. The minimum absolute atomic E-state index is 0.000386. The summed E-state index contributed by atoms with van der Waals surface area (Å²) in [6.07, 6.45) is 0.948. The first-order valence-corrected chi connectivity index (χ1v) is 5.63. The van der Waals surface area contributed by atoms with Crippen molar-refractivity contribution in [1.29, 1.82) is 0 Å². The lowest BCUT2D eigenvalue weighted by atomic mass is 10.0. The standard InChI is InChI=1S/C12H14ClNO/c1-8-5-9(2)10-3-4-14(11(10)6-8)12(15)7-13/h5-6H,3-4,7H2,1-2H3. The van der Waals surface area contributed by atoms with E-state index in [9.17, 15) is 4.79 Å². The van der Waals surface area contributed by atoms with E-state index in [1.165, 1.54) is 16.7 Å². The molecule has 15 heavy (non-hydrogen) atoms. The van der Waals surface area contributed by atoms with Gasteiger partial charge in [0, 0.05) is 12.2 Å². The highest BCUT2D eigenvalue weighted by Crippen LogP contribution is 2.31. The predicted molar refractivity (Wildman–Crippen MR) is 62.7 cm³/mol. The molecule has 0 spiro atoms. The molecule has 0 aromatic heterocycles. The fourth-order valence-electron chi connectivity index (χ4n) is 2.22. The molecule has 0 bridgehead atoms. The van der Waals surface area contributed by atoms with E-state index in [1.807, 2.05) is 0 Å². The second-order valence-corrected chi connectivity index (χ2v) is 4.28. The number of hydrogen-bond donors (Lipinski definition) is 0. The van der Waals surface area contributed by atoms with Gasteiger partial charge in [-0.3, -0.25) is 4.79 Å². The molecule has 0 saturated heterocycles. The van der Waals surface area contributed by atoms with E-state index in [4.69, 9.17) is 11.6 Å². The zero-order valence-electron chi connectivity index (χ0n) is 9.01. The van der Waals surface area contributed by atoms with E-state index < -0.39 is 0 Å². The number of rotatable bonds is 1. The Morgan fingerprint density at radius 2 is 2.20 bits per heavy atom. The number of benzene rings is 1. The fraction of sp³-hybridized carbons (Fsp3) is 0.417. The zero-order valence-corrected chi connectivity index (χ0v) is 9.77. The Hall–Kier alpha value is -1.02. The van der Waals surface area contributed by atoms with Gasteiger partial charge in [-0.2, -0.15) is 0 Å². The first-order chi connectivity index (χ1) is 7.13. The molecule has 3 heteroatoms. The van der Waals surface area contributed by atoms with E-state index in [0.29, 0.717) is 0 Å². The highest BCUT2D eigenvalue weighted by atomic mass is 35.5. The predicted octanol–water partition coefficient (Wildman–Crippen LogP) is 2.43. The molecule has 1 amide bonds. The molecule has 0 saturated carbocycles. The molecule has 0 unspecified atom stereocenters. The first-order valence-electron chi connectivity index (χ1n) is 5.10. The largest absolute Gasteiger partial charge is 0.311 e. The minimum Gasteiger partial charge on any atom is -0.311 e. The van der Waals surface area contributed by atoms with Crippen molar-refractivity contribution in [2.75, 3.05) is 17.3 Å². The maximum absolute atomic E-state index is 11.6. The van der Waals surface area contributed by atoms with Crippen LogP contribution in [0.2, 0.25) is 0 Å². The average Bonchev–Trinajstić information content (AvgIpc) is 2.60. The molecule has 80 valence electrons. The van der Waals surface area contributed by atoms with Gasteiger partial charge in [0.25, 0.3) is 0 Å². The number of anilines is 1. The van der Waals surface area contributed by atoms with Gasteiger partial charge in [-0.15, -0.1) is 11.6 Å². The lowest BCUT2D eigenvalue weighted by molar-refractivity contribution is -0.116. The summed E-state index contributed by atoms with van der Waals surface area (Å²) in [4.78, 5) is 13.4. The number of fused-ring (bicyclic) bond motifs is 1. The monoisotopic (exact) mass is 223 g/mol. The van der Waals surface area contributed by atoms with E-state index in [0.717, 1.165) is 18.7 Å². The van der Waals surface area contributed by atoms with Crippen LogP contribution in [0.1, 0.15) is 16.7 Å². The molecule has 0 aliphatic carbocycles. The Morgan fingerprint density at radius 1 is 1.47 bits per heavy atom. The van der Waals surface area contributed by atoms with Crippen molar-refractivity contribution >= 4 is 23.2 Å². The van der Waals surface area contributed by atoms with Crippen LogP contribution in [0, 0.1) is 13.8 Å². The van der Waals surface area contributed by atoms with Crippen LogP contribution in [0.25, 0.3) is 0 Å². The third-order valence-electron chi connectivity index (χ3n) is 2.89. The fourth-order valence-corrected chi connectivity index (χ4v) is 2.36. The van der Waals surface area contributed by atoms with Crippen molar-refractivity contribution in [3.63, 3.8) is 0 Å². The van der Waals surface area contributed by atoms with E-state index in [-0.39, 0.29) is 11.8 Å². The molecule has 2 rings (SSSR count). The first kappa shape index (κ1) is 10.5. The van der Waals surface area contributed by atoms with Gasteiger partial charge in [0.1, 0.15) is 5.88 Å². The van der Waals surface area contributed by atoms with Crippen LogP contribution in [0.3, 0.4) is 0 Å². The Kier molecular flexibility index (Phi) is 2.70. The lowest BCUT2D eigenvalue weighted by Crippen LogP contribution is -2.29. The Labute approximate surface area is 94.8 Å². The number of halogens is 1. The Bertz CT molecular complexity index is 414. The lowest BCUT2D eigenvalue weighted by Gasteiger charge is -2.16. The van der Waals surface area contributed by atoms with Crippen LogP contribution in [0.15, 0.2) is 12.1 Å². The summed E-state index contributed by atoms with van der Waals surface area (Å²) >= 11 is 5.59. The van der Waals surface area contributed by atoms with Crippen molar-refractivity contribution in [3.8, 4) is 0 Å². The summed E-state index contributed by atoms with van der Waals surface area (Å²) in [7, 11) is 0. The number of carbonyl (C=O) groups excluding carboxylic acids is 1. The van der Waals surface area contributed by atoms with Gasteiger partial charge in [-0.25, -0.2) is 0 Å². The molecule has 1 aliphatic rings. The molecule has 1 aromatic carbocycles. The van der Waals surface area contributed by atoms with Gasteiger partial charge in [0.15, 0.2) is 0 Å². The van der Waals surface area contributed by atoms with Crippen LogP contribution in [0.4, 0.5) is 5.69 Å². The van der Waals surface area contributed by atoms with E-state index in [2.05, 4.69) is 26.0 Å². The highest BCUT2D eigenvalue weighted by molar-refractivity contribution is 6.29. The maximum atomic E-state index is 11.6. The van der Waals surface area contributed by atoms with Crippen molar-refractivity contribution < 1.29 is 4.79 Å². The third-order valence-corrected chi connectivity index (χ3v) is 3.11. The van der Waals surface area contributed by atoms with Gasteiger partial charge >= 0.3 is 0 Å². The molecule has 0 radical (unpaired) electrons. The Morgan fingerprint density at radius 3 is 2.87 bits per heavy atom. The SMILES string of the molecule is Cc1cc(C)c2c(c1)N(C(=O)CCl)CC2. The molecule has 0 atom stereocenters. The normalized spacial score (nSPS) is 14.2. The quantitative estimate of drug-likeness (QED) is 0.670. The molecule has 0 fully saturated rings. The summed E-state index contributed by atoms with van der Waals surface area (Å²) in [5.41, 5.74) is 4.81. The summed E-state index contributed by atoms with van der Waals surface area (Å²) in [5, 5.41) is 0. The maximum Gasteiger partial charge on any atom is 0.241 e. The Balaban J connectivity index is 2.46. The summed E-state index contributed by atoms with van der Waals surface area (Å²) in [6.45, 7) is 4.92. The number of carbonyl (C=O) groups is 1. The van der Waals surface area contributed by atoms with Gasteiger partial charge < -0.3 is 4.90 Å². The van der Waals surface area contributed by atoms with Gasteiger partial charge in [-0.05, 0) is 43.0 Å². The number of aryl methyl sites for hydroxylation is 2. The molecule has 1 heterocycles. The van der Waals surface area contributed by atoms with Crippen LogP contribution < -0.4 is 4.90 Å². The van der Waals surface area contributed by atoms with E-state index >= 15 is 0 Å². The summed E-state index contributed by atoms with van der Waals surface area (Å²) in [6, 6.07) is 4.23. The van der Waals surface area contributed by atoms with Crippen molar-refractivity contribution in [2.24, 2.45) is 0 Å². The highest BCUT2D eigenvalue weighted by Gasteiger charge is 2.25. The smallest absolute Gasteiger partial charge is 0.241 e. The summed E-state index contributed by atoms with van der Waals surface area (Å²) in [5.74, 6) is 0.0623. The van der Waals surface area contributed by atoms with Gasteiger partial charge in [0.2, 0.25) is 5.91 Å². The van der Waals surface area contributed by atoms with Crippen LogP contribution >= 0.6 is 11.6 Å². The number of nitrogens with zero attached hydrogens (tertiary/aromatic N) is 1. The second kappa shape index (κ2) is 3.86. The second-order valence-electron chi connectivity index (χ2n) is 4.01. The van der Waals surface area contributed by atoms with Gasteiger partial charge in [-0.1, -0.05) is 6.07 Å². The molecular weight excluding hydrogens is 210 g/mol. The third kappa shape index (κ3) is 1.74. The van der Waals surface area contributed by atoms with Crippen molar-refractivity contribution in [3.05, 3.63) is 28.8 Å². The number of alkyl halides is 1. The number of hydrogen-bond acceptors (Lipinski definition) is 1. The molecule has 2 nitrogen and oxygen atoms in total. The molecule has 1 aliphatic heterocycles. The summed E-state index contributed by atoms with van der Waals surface area (Å²) < 4.78 is 0. The molecule has 1 aromatic rings. The van der Waals surface area contributed by atoms with Crippen LogP contribution in [0.5, 0.6) is 0 Å². The van der Waals surface area contributed by atoms with Crippen molar-refractivity contribution in [1.82, 2.24) is 0 Å². The average molecular weight is 224 g/mol. The minimum atomic E-state index is 0.000386. The molecular formula is C12H14ClNO. The van der Waals surface area contributed by atoms with Crippen LogP contribution in [-0.4, -0.2) is 18.3 Å². The van der Waals surface area contributed by atoms with E-state index in [1.54, 1.807) is 4.90 Å². The van der Waals surface area contributed by atoms with Crippen LogP contribution in [-0.2, 0) is 11.2 Å². The topological polar surface area (TPSA) is 20.3 Å². The van der Waals surface area contributed by atoms with Crippen molar-refractivity contribution in [2.45, 2.75) is 20.3 Å². The molecule has 0 N–H and O–H groups in total. The van der Waals surface area contributed by atoms with Gasteiger partial charge in [0.05, 0.1) is 0 Å². The zero-order chi connectivity index (χ0) is 11.0.